The Morgan fingerprint density at radius 3 is 2.50 bits per heavy atom. The normalized spacial score (nSPS) is 18.9. The van der Waals surface area contributed by atoms with Crippen molar-refractivity contribution >= 4 is 29.1 Å². The molecule has 8 nitrogen and oxygen atoms in total. The second-order valence-corrected chi connectivity index (χ2v) is 10.1. The molecule has 36 heavy (non-hydrogen) atoms. The van der Waals surface area contributed by atoms with Gasteiger partial charge in [0.15, 0.2) is 0 Å². The molecule has 0 aliphatic carbocycles. The summed E-state index contributed by atoms with van der Waals surface area (Å²) in [6.45, 7) is 3.21. The van der Waals surface area contributed by atoms with Gasteiger partial charge in [-0.05, 0) is 42.6 Å². The van der Waals surface area contributed by atoms with Gasteiger partial charge in [0.25, 0.3) is 11.8 Å². The van der Waals surface area contributed by atoms with Gasteiger partial charge in [0.05, 0.1) is 23.7 Å². The molecule has 1 atom stereocenters. The van der Waals surface area contributed by atoms with E-state index < -0.39 is 11.8 Å². The van der Waals surface area contributed by atoms with Crippen LogP contribution in [0.25, 0.3) is 0 Å². The first-order valence-electron chi connectivity index (χ1n) is 12.0. The number of amides is 3. The van der Waals surface area contributed by atoms with Crippen molar-refractivity contribution in [1.29, 1.82) is 0 Å². The Morgan fingerprint density at radius 1 is 1.06 bits per heavy atom. The number of ether oxygens (including phenoxy) is 1. The van der Waals surface area contributed by atoms with Gasteiger partial charge in [-0.1, -0.05) is 29.8 Å². The number of pyridine rings is 1. The first kappa shape index (κ1) is 24.1. The van der Waals surface area contributed by atoms with Crippen molar-refractivity contribution in [2.24, 2.45) is 0 Å². The summed E-state index contributed by atoms with van der Waals surface area (Å²) in [5.74, 6) is -0.544. The number of benzene rings is 1. The average molecular weight is 505 g/mol. The van der Waals surface area contributed by atoms with E-state index in [1.54, 1.807) is 28.1 Å². The standard InChI is InChI=1S/C27H28N4O4S/c1-19-7-9-20(10-8-19)25(33)31-22(24(32)29-17-21-5-2-3-13-28-21)18-35-27(31)11-14-30(15-12-27)26(34)23-6-4-16-36-23/h2-10,13,16,22H,11-12,14-15,17-18H2,1H3,(H,29,32)/t22-/m1/s1. The molecule has 2 fully saturated rings. The summed E-state index contributed by atoms with van der Waals surface area (Å²) < 4.78 is 6.26. The smallest absolute Gasteiger partial charge is 0.263 e. The lowest BCUT2D eigenvalue weighted by molar-refractivity contribution is -0.128. The summed E-state index contributed by atoms with van der Waals surface area (Å²) in [5.41, 5.74) is 1.34. The predicted molar refractivity (Wildman–Crippen MR) is 135 cm³/mol. The molecule has 2 aromatic heterocycles. The molecular formula is C27H28N4O4S. The highest BCUT2D eigenvalue weighted by molar-refractivity contribution is 7.12. The molecule has 4 heterocycles. The summed E-state index contributed by atoms with van der Waals surface area (Å²) in [6.07, 6.45) is 2.55. The number of hydrogen-bond donors (Lipinski definition) is 1. The van der Waals surface area contributed by atoms with Gasteiger partial charge in [0, 0.05) is 37.7 Å². The van der Waals surface area contributed by atoms with Crippen LogP contribution in [0.3, 0.4) is 0 Å². The van der Waals surface area contributed by atoms with Crippen LogP contribution in [0.15, 0.2) is 66.2 Å². The fraction of sp³-hybridized carbons (Fsp3) is 0.333. The van der Waals surface area contributed by atoms with Gasteiger partial charge in [-0.25, -0.2) is 0 Å². The van der Waals surface area contributed by atoms with Crippen molar-refractivity contribution in [2.75, 3.05) is 19.7 Å². The Bertz CT molecular complexity index is 1220. The van der Waals surface area contributed by atoms with Crippen molar-refractivity contribution in [3.8, 4) is 0 Å². The van der Waals surface area contributed by atoms with Crippen molar-refractivity contribution < 1.29 is 19.1 Å². The van der Waals surface area contributed by atoms with Crippen molar-refractivity contribution in [3.63, 3.8) is 0 Å². The monoisotopic (exact) mass is 504 g/mol. The van der Waals surface area contributed by atoms with Gasteiger partial charge in [-0.15, -0.1) is 11.3 Å². The number of carbonyl (C=O) groups is 3. The van der Waals surface area contributed by atoms with Crippen LogP contribution in [-0.4, -0.2) is 64.0 Å². The number of rotatable bonds is 5. The van der Waals surface area contributed by atoms with Gasteiger partial charge < -0.3 is 15.0 Å². The van der Waals surface area contributed by atoms with E-state index in [0.29, 0.717) is 36.4 Å². The van der Waals surface area contributed by atoms with Crippen molar-refractivity contribution in [2.45, 2.75) is 38.1 Å². The maximum Gasteiger partial charge on any atom is 0.263 e. The van der Waals surface area contributed by atoms with Crippen LogP contribution in [0.1, 0.15) is 44.1 Å². The van der Waals surface area contributed by atoms with E-state index in [4.69, 9.17) is 4.74 Å². The van der Waals surface area contributed by atoms with Crippen LogP contribution in [0.4, 0.5) is 0 Å². The number of aryl methyl sites for hydroxylation is 1. The maximum absolute atomic E-state index is 13.8. The SMILES string of the molecule is Cc1ccc(C(=O)N2[C@@H](C(=O)NCc3ccccn3)COC23CCN(C(=O)c2cccs2)CC3)cc1. The molecule has 3 aromatic rings. The molecule has 0 bridgehead atoms. The molecule has 1 N–H and O–H groups in total. The third kappa shape index (κ3) is 4.76. The number of piperidine rings is 1. The number of nitrogens with zero attached hydrogens (tertiary/aromatic N) is 3. The van der Waals surface area contributed by atoms with E-state index in [2.05, 4.69) is 10.3 Å². The summed E-state index contributed by atoms with van der Waals surface area (Å²) in [6, 6.07) is 15.7. The highest BCUT2D eigenvalue weighted by atomic mass is 32.1. The number of aromatic nitrogens is 1. The van der Waals surface area contributed by atoms with Crippen molar-refractivity contribution in [3.05, 3.63) is 87.9 Å². The highest BCUT2D eigenvalue weighted by Crippen LogP contribution is 2.39. The summed E-state index contributed by atoms with van der Waals surface area (Å²) in [4.78, 5) is 48.3. The van der Waals surface area contributed by atoms with Crippen LogP contribution >= 0.6 is 11.3 Å². The lowest BCUT2D eigenvalue weighted by atomic mass is 9.96. The zero-order chi connectivity index (χ0) is 25.1. The predicted octanol–water partition coefficient (Wildman–Crippen LogP) is 3.24. The number of thiophene rings is 1. The molecule has 2 saturated heterocycles. The molecule has 0 saturated carbocycles. The molecule has 2 aliphatic heterocycles. The largest absolute Gasteiger partial charge is 0.353 e. The Hall–Kier alpha value is -3.56. The van der Waals surface area contributed by atoms with Crippen LogP contribution in [0.5, 0.6) is 0 Å². The number of carbonyl (C=O) groups excluding carboxylic acids is 3. The zero-order valence-corrected chi connectivity index (χ0v) is 20.9. The van der Waals surface area contributed by atoms with Crippen LogP contribution in [0.2, 0.25) is 0 Å². The topological polar surface area (TPSA) is 91.8 Å². The van der Waals surface area contributed by atoms with Gasteiger partial charge in [-0.3, -0.25) is 24.3 Å². The lowest BCUT2D eigenvalue weighted by Gasteiger charge is -2.44. The third-order valence-electron chi connectivity index (χ3n) is 6.81. The molecular weight excluding hydrogens is 476 g/mol. The Balaban J connectivity index is 1.36. The summed E-state index contributed by atoms with van der Waals surface area (Å²) >= 11 is 1.42. The zero-order valence-electron chi connectivity index (χ0n) is 20.1. The van der Waals surface area contributed by atoms with E-state index >= 15 is 0 Å². The first-order chi connectivity index (χ1) is 17.5. The highest BCUT2D eigenvalue weighted by Gasteiger charge is 2.54. The third-order valence-corrected chi connectivity index (χ3v) is 7.67. The number of nitrogens with one attached hydrogen (secondary N) is 1. The molecule has 186 valence electrons. The van der Waals surface area contributed by atoms with E-state index in [0.717, 1.165) is 11.3 Å². The van der Waals surface area contributed by atoms with E-state index in [9.17, 15) is 14.4 Å². The van der Waals surface area contributed by atoms with E-state index in [-0.39, 0.29) is 30.9 Å². The first-order valence-corrected chi connectivity index (χ1v) is 12.9. The molecule has 5 rings (SSSR count). The fourth-order valence-corrected chi connectivity index (χ4v) is 5.51. The fourth-order valence-electron chi connectivity index (χ4n) is 4.82. The molecule has 3 amide bonds. The van der Waals surface area contributed by atoms with E-state index in [1.165, 1.54) is 11.3 Å². The van der Waals surface area contributed by atoms with Crippen LogP contribution < -0.4 is 5.32 Å². The lowest BCUT2D eigenvalue weighted by Crippen LogP contribution is -2.59. The molecule has 9 heteroatoms. The second-order valence-electron chi connectivity index (χ2n) is 9.12. The molecule has 1 aromatic carbocycles. The van der Waals surface area contributed by atoms with Gasteiger partial charge in [0.1, 0.15) is 11.8 Å². The molecule has 0 unspecified atom stereocenters. The van der Waals surface area contributed by atoms with Gasteiger partial charge >= 0.3 is 0 Å². The second kappa shape index (κ2) is 10.2. The minimum absolute atomic E-state index is 0.0149. The number of likely N-dealkylation sites (tertiary alicyclic amines) is 1. The molecule has 2 aliphatic rings. The average Bonchev–Trinajstić information content (AvgIpc) is 3.57. The summed E-state index contributed by atoms with van der Waals surface area (Å²) in [7, 11) is 0. The van der Waals surface area contributed by atoms with Gasteiger partial charge in [-0.2, -0.15) is 0 Å². The van der Waals surface area contributed by atoms with Crippen LogP contribution in [0, 0.1) is 6.92 Å². The van der Waals surface area contributed by atoms with Crippen molar-refractivity contribution in [1.82, 2.24) is 20.1 Å². The quantitative estimate of drug-likeness (QED) is 0.576. The Labute approximate surface area is 213 Å². The van der Waals surface area contributed by atoms with E-state index in [1.807, 2.05) is 54.8 Å². The Kier molecular flexibility index (Phi) is 6.84. The van der Waals surface area contributed by atoms with Gasteiger partial charge in [0.2, 0.25) is 5.91 Å². The minimum atomic E-state index is -0.943. The maximum atomic E-state index is 13.8. The van der Waals surface area contributed by atoms with Crippen LogP contribution in [-0.2, 0) is 16.1 Å². The number of hydrogen-bond acceptors (Lipinski definition) is 6. The Morgan fingerprint density at radius 2 is 1.83 bits per heavy atom. The summed E-state index contributed by atoms with van der Waals surface area (Å²) in [5, 5.41) is 4.80. The molecule has 0 radical (unpaired) electrons. The molecule has 1 spiro atoms. The minimum Gasteiger partial charge on any atom is -0.353 e.